The van der Waals surface area contributed by atoms with Crippen molar-refractivity contribution in [3.63, 3.8) is 0 Å². The highest BCUT2D eigenvalue weighted by molar-refractivity contribution is 5.98. The lowest BCUT2D eigenvalue weighted by molar-refractivity contribution is -0.118. The number of benzene rings is 3. The maximum absolute atomic E-state index is 13.2. The van der Waals surface area contributed by atoms with Crippen LogP contribution in [0, 0.1) is 5.82 Å². The molecule has 0 aliphatic heterocycles. The number of nitrogens with one attached hydrogen (secondary N) is 2. The van der Waals surface area contributed by atoms with Gasteiger partial charge in [-0.05, 0) is 49.2 Å². The fraction of sp³-hybridized carbons (Fsp3) is 0.167. The molecule has 2 N–H and O–H groups in total. The molecule has 29 heavy (non-hydrogen) atoms. The molecular formula is C24H23FN2O2. The van der Waals surface area contributed by atoms with Gasteiger partial charge in [-0.2, -0.15) is 0 Å². The minimum atomic E-state index is -0.628. The molecule has 0 radical (unpaired) electrons. The molecule has 3 aromatic carbocycles. The summed E-state index contributed by atoms with van der Waals surface area (Å²) in [4.78, 5) is 24.7. The van der Waals surface area contributed by atoms with Crippen LogP contribution in [-0.4, -0.2) is 11.7 Å². The highest BCUT2D eigenvalue weighted by atomic mass is 19.1. The van der Waals surface area contributed by atoms with Gasteiger partial charge in [0.1, 0.15) is 11.9 Å². The minimum absolute atomic E-state index is 0.0660. The van der Waals surface area contributed by atoms with Crippen LogP contribution in [0.15, 0.2) is 78.9 Å². The van der Waals surface area contributed by atoms with Crippen LogP contribution in [0.25, 0.3) is 0 Å². The number of rotatable bonds is 7. The fourth-order valence-corrected chi connectivity index (χ4v) is 3.10. The molecule has 0 heterocycles. The van der Waals surface area contributed by atoms with Crippen LogP contribution in [0.2, 0.25) is 0 Å². The van der Waals surface area contributed by atoms with Crippen molar-refractivity contribution in [2.45, 2.75) is 25.9 Å². The topological polar surface area (TPSA) is 58.2 Å². The highest BCUT2D eigenvalue weighted by Gasteiger charge is 2.23. The summed E-state index contributed by atoms with van der Waals surface area (Å²) in [5, 5.41) is 6.21. The standard InChI is InChI=1S/C24H23FN2O2/c1-16(18-11-13-21(25)14-12-18)26-23(19-7-4-3-5-8-19)24(29)27-22-10-6-9-20(15-22)17(2)28/h3-16,23,26H,1-2H3,(H,27,29)/t16-,23+/m1/s1. The zero-order chi connectivity index (χ0) is 20.8. The van der Waals surface area contributed by atoms with Crippen LogP contribution < -0.4 is 10.6 Å². The van der Waals surface area contributed by atoms with Gasteiger partial charge < -0.3 is 5.32 Å². The third-order valence-corrected chi connectivity index (χ3v) is 4.72. The van der Waals surface area contributed by atoms with E-state index in [4.69, 9.17) is 0 Å². The summed E-state index contributed by atoms with van der Waals surface area (Å²) in [7, 11) is 0. The Kier molecular flexibility index (Phi) is 6.52. The summed E-state index contributed by atoms with van der Waals surface area (Å²) < 4.78 is 13.2. The number of hydrogen-bond acceptors (Lipinski definition) is 3. The summed E-state index contributed by atoms with van der Waals surface area (Å²) in [6.07, 6.45) is 0. The summed E-state index contributed by atoms with van der Waals surface area (Å²) in [5.41, 5.74) is 2.77. The highest BCUT2D eigenvalue weighted by Crippen LogP contribution is 2.22. The van der Waals surface area contributed by atoms with Gasteiger partial charge in [-0.15, -0.1) is 0 Å². The van der Waals surface area contributed by atoms with E-state index in [1.165, 1.54) is 19.1 Å². The number of carbonyl (C=O) groups is 2. The third kappa shape index (κ3) is 5.36. The van der Waals surface area contributed by atoms with Crippen LogP contribution in [0.1, 0.15) is 47.4 Å². The van der Waals surface area contributed by atoms with Crippen LogP contribution >= 0.6 is 0 Å². The molecule has 0 bridgehead atoms. The van der Waals surface area contributed by atoms with E-state index in [2.05, 4.69) is 10.6 Å². The number of carbonyl (C=O) groups excluding carboxylic acids is 2. The molecule has 0 aromatic heterocycles. The first-order chi connectivity index (χ1) is 13.9. The molecule has 3 aromatic rings. The molecule has 0 saturated carbocycles. The average molecular weight is 390 g/mol. The first kappa shape index (κ1) is 20.4. The monoisotopic (exact) mass is 390 g/mol. The molecule has 1 amide bonds. The molecule has 0 saturated heterocycles. The van der Waals surface area contributed by atoms with Gasteiger partial charge in [0.2, 0.25) is 5.91 Å². The molecule has 2 atom stereocenters. The van der Waals surface area contributed by atoms with Crippen molar-refractivity contribution in [1.29, 1.82) is 0 Å². The Balaban J connectivity index is 1.83. The van der Waals surface area contributed by atoms with Crippen LogP contribution in [0.3, 0.4) is 0 Å². The van der Waals surface area contributed by atoms with Gasteiger partial charge in [-0.1, -0.05) is 54.6 Å². The smallest absolute Gasteiger partial charge is 0.246 e. The van der Waals surface area contributed by atoms with Gasteiger partial charge in [0.25, 0.3) is 0 Å². The van der Waals surface area contributed by atoms with Crippen molar-refractivity contribution in [3.8, 4) is 0 Å². The molecule has 0 aliphatic carbocycles. The van der Waals surface area contributed by atoms with Gasteiger partial charge in [0, 0.05) is 17.3 Å². The van der Waals surface area contributed by atoms with E-state index in [1.54, 1.807) is 36.4 Å². The van der Waals surface area contributed by atoms with Crippen molar-refractivity contribution < 1.29 is 14.0 Å². The number of Topliss-reactive ketones (excluding diaryl/α,β-unsaturated/α-hetero) is 1. The Labute approximate surface area is 169 Å². The Hall–Kier alpha value is -3.31. The van der Waals surface area contributed by atoms with Crippen molar-refractivity contribution in [2.24, 2.45) is 0 Å². The molecule has 4 nitrogen and oxygen atoms in total. The summed E-state index contributed by atoms with van der Waals surface area (Å²) >= 11 is 0. The number of amides is 1. The molecule has 0 aliphatic rings. The predicted octanol–water partition coefficient (Wildman–Crippen LogP) is 5.06. The van der Waals surface area contributed by atoms with Crippen molar-refractivity contribution in [2.75, 3.05) is 5.32 Å². The summed E-state index contributed by atoms with van der Waals surface area (Å²) in [6.45, 7) is 3.41. The molecule has 0 unspecified atom stereocenters. The Morgan fingerprint density at radius 2 is 1.55 bits per heavy atom. The third-order valence-electron chi connectivity index (χ3n) is 4.72. The van der Waals surface area contributed by atoms with E-state index in [0.717, 1.165) is 11.1 Å². The van der Waals surface area contributed by atoms with E-state index < -0.39 is 6.04 Å². The Morgan fingerprint density at radius 3 is 2.21 bits per heavy atom. The van der Waals surface area contributed by atoms with E-state index in [9.17, 15) is 14.0 Å². The van der Waals surface area contributed by atoms with Crippen molar-refractivity contribution in [3.05, 3.63) is 101 Å². The van der Waals surface area contributed by atoms with Crippen molar-refractivity contribution in [1.82, 2.24) is 5.32 Å². The predicted molar refractivity (Wildman–Crippen MR) is 112 cm³/mol. The lowest BCUT2D eigenvalue weighted by Gasteiger charge is -2.24. The molecular weight excluding hydrogens is 367 g/mol. The van der Waals surface area contributed by atoms with Gasteiger partial charge in [0.05, 0.1) is 0 Å². The largest absolute Gasteiger partial charge is 0.324 e. The van der Waals surface area contributed by atoms with E-state index in [-0.39, 0.29) is 23.5 Å². The van der Waals surface area contributed by atoms with Crippen LogP contribution in [0.5, 0.6) is 0 Å². The second-order valence-corrected chi connectivity index (χ2v) is 6.91. The number of hydrogen-bond donors (Lipinski definition) is 2. The zero-order valence-corrected chi connectivity index (χ0v) is 16.4. The lowest BCUT2D eigenvalue weighted by atomic mass is 10.0. The summed E-state index contributed by atoms with van der Waals surface area (Å²) in [6, 6.07) is 21.6. The zero-order valence-electron chi connectivity index (χ0n) is 16.4. The molecule has 148 valence electrons. The number of anilines is 1. The van der Waals surface area contributed by atoms with Crippen LogP contribution in [-0.2, 0) is 4.79 Å². The molecule has 3 rings (SSSR count). The van der Waals surface area contributed by atoms with E-state index in [0.29, 0.717) is 11.3 Å². The Morgan fingerprint density at radius 1 is 0.862 bits per heavy atom. The van der Waals surface area contributed by atoms with E-state index in [1.807, 2.05) is 37.3 Å². The fourth-order valence-electron chi connectivity index (χ4n) is 3.10. The lowest BCUT2D eigenvalue weighted by Crippen LogP contribution is -2.34. The number of ketones is 1. The second-order valence-electron chi connectivity index (χ2n) is 6.91. The van der Waals surface area contributed by atoms with Crippen LogP contribution in [0.4, 0.5) is 10.1 Å². The maximum Gasteiger partial charge on any atom is 0.246 e. The quantitative estimate of drug-likeness (QED) is 0.555. The molecule has 0 spiro atoms. The Bertz CT molecular complexity index is 987. The average Bonchev–Trinajstić information content (AvgIpc) is 2.73. The molecule has 5 heteroatoms. The van der Waals surface area contributed by atoms with E-state index >= 15 is 0 Å². The van der Waals surface area contributed by atoms with Gasteiger partial charge in [0.15, 0.2) is 5.78 Å². The number of halogens is 1. The first-order valence-electron chi connectivity index (χ1n) is 9.42. The second kappa shape index (κ2) is 9.26. The van der Waals surface area contributed by atoms with Gasteiger partial charge in [-0.3, -0.25) is 14.9 Å². The first-order valence-corrected chi connectivity index (χ1v) is 9.42. The maximum atomic E-state index is 13.2. The summed E-state index contributed by atoms with van der Waals surface area (Å²) in [5.74, 6) is -0.613. The normalized spacial score (nSPS) is 12.8. The van der Waals surface area contributed by atoms with Gasteiger partial charge in [-0.25, -0.2) is 4.39 Å². The SMILES string of the molecule is CC(=O)c1cccc(NC(=O)[C@@H](N[C@H](C)c2ccc(F)cc2)c2ccccc2)c1. The van der Waals surface area contributed by atoms with Crippen molar-refractivity contribution >= 4 is 17.4 Å². The minimum Gasteiger partial charge on any atom is -0.324 e. The van der Waals surface area contributed by atoms with Gasteiger partial charge >= 0.3 is 0 Å². The molecule has 0 fully saturated rings.